The van der Waals surface area contributed by atoms with Crippen LogP contribution in [0.25, 0.3) is 0 Å². The van der Waals surface area contributed by atoms with E-state index in [0.29, 0.717) is 18.7 Å². The molecule has 2 aromatic heterocycles. The highest BCUT2D eigenvalue weighted by Crippen LogP contribution is 2.21. The monoisotopic (exact) mass is 341 g/mol. The number of anilines is 1. The van der Waals surface area contributed by atoms with Gasteiger partial charge in [-0.15, -0.1) is 0 Å². The quantitative estimate of drug-likeness (QED) is 0.839. The van der Waals surface area contributed by atoms with E-state index in [0.717, 1.165) is 30.6 Å². The second-order valence-electron chi connectivity index (χ2n) is 6.85. The van der Waals surface area contributed by atoms with E-state index in [2.05, 4.69) is 21.8 Å². The van der Waals surface area contributed by atoms with Gasteiger partial charge in [-0.05, 0) is 37.8 Å². The van der Waals surface area contributed by atoms with Gasteiger partial charge in [0.05, 0.1) is 12.1 Å². The molecule has 0 spiro atoms. The lowest BCUT2D eigenvalue weighted by Gasteiger charge is -2.31. The molecule has 6 nitrogen and oxygen atoms in total. The van der Waals surface area contributed by atoms with Gasteiger partial charge in [-0.2, -0.15) is 0 Å². The van der Waals surface area contributed by atoms with E-state index >= 15 is 0 Å². The Morgan fingerprint density at radius 1 is 1.28 bits per heavy atom. The Hall–Kier alpha value is -2.37. The number of aryl methyl sites for hydroxylation is 1. The molecule has 1 aliphatic heterocycles. The molecule has 2 aromatic rings. The standard InChI is InChI=1S/C19H27N5O/c1-4-23(14-18-20-9-12-22(18)3)19(25)16-5-6-17(21-13-16)24-10-7-15(2)8-11-24/h5-6,9,12-13,15H,4,7-8,10-11,14H2,1-3H3. The Kier molecular flexibility index (Phi) is 5.36. The lowest BCUT2D eigenvalue weighted by atomic mass is 9.99. The molecule has 0 saturated carbocycles. The lowest BCUT2D eigenvalue weighted by Crippen LogP contribution is -2.34. The maximum Gasteiger partial charge on any atom is 0.255 e. The van der Waals surface area contributed by atoms with Crippen molar-refractivity contribution in [2.24, 2.45) is 13.0 Å². The number of amides is 1. The number of rotatable bonds is 5. The molecule has 1 amide bonds. The topological polar surface area (TPSA) is 54.3 Å². The fourth-order valence-corrected chi connectivity index (χ4v) is 3.17. The molecule has 3 heterocycles. The first-order valence-corrected chi connectivity index (χ1v) is 9.05. The maximum atomic E-state index is 12.8. The highest BCUT2D eigenvalue weighted by atomic mass is 16.2. The summed E-state index contributed by atoms with van der Waals surface area (Å²) in [5.74, 6) is 2.64. The molecule has 1 aliphatic rings. The number of nitrogens with zero attached hydrogens (tertiary/aromatic N) is 5. The number of carbonyl (C=O) groups excluding carboxylic acids is 1. The zero-order valence-electron chi connectivity index (χ0n) is 15.4. The van der Waals surface area contributed by atoms with Crippen molar-refractivity contribution in [1.29, 1.82) is 0 Å². The molecular weight excluding hydrogens is 314 g/mol. The molecule has 6 heteroatoms. The molecule has 0 radical (unpaired) electrons. The Bertz CT molecular complexity index is 701. The highest BCUT2D eigenvalue weighted by molar-refractivity contribution is 5.94. The fourth-order valence-electron chi connectivity index (χ4n) is 3.17. The SMILES string of the molecule is CCN(Cc1nccn1C)C(=O)c1ccc(N2CCC(C)CC2)nc1. The van der Waals surface area contributed by atoms with Crippen LogP contribution in [0.3, 0.4) is 0 Å². The van der Waals surface area contributed by atoms with Crippen molar-refractivity contribution in [3.63, 3.8) is 0 Å². The largest absolute Gasteiger partial charge is 0.357 e. The fraction of sp³-hybridized carbons (Fsp3) is 0.526. The van der Waals surface area contributed by atoms with Gasteiger partial charge >= 0.3 is 0 Å². The van der Waals surface area contributed by atoms with E-state index in [1.807, 2.05) is 36.9 Å². The van der Waals surface area contributed by atoms with Crippen molar-refractivity contribution in [3.8, 4) is 0 Å². The van der Waals surface area contributed by atoms with Gasteiger partial charge in [0.15, 0.2) is 0 Å². The first-order chi connectivity index (χ1) is 12.1. The lowest BCUT2D eigenvalue weighted by molar-refractivity contribution is 0.0747. The summed E-state index contributed by atoms with van der Waals surface area (Å²) in [5.41, 5.74) is 0.630. The Labute approximate surface area is 149 Å². The minimum absolute atomic E-state index is 0.00295. The van der Waals surface area contributed by atoms with E-state index in [4.69, 9.17) is 0 Å². The summed E-state index contributed by atoms with van der Waals surface area (Å²) in [7, 11) is 1.94. The molecule has 0 unspecified atom stereocenters. The number of pyridine rings is 1. The van der Waals surface area contributed by atoms with Crippen molar-refractivity contribution in [2.75, 3.05) is 24.5 Å². The normalized spacial score (nSPS) is 15.4. The highest BCUT2D eigenvalue weighted by Gasteiger charge is 2.19. The molecule has 25 heavy (non-hydrogen) atoms. The van der Waals surface area contributed by atoms with Gasteiger partial charge in [-0.3, -0.25) is 4.79 Å². The van der Waals surface area contributed by atoms with Crippen molar-refractivity contribution in [1.82, 2.24) is 19.4 Å². The van der Waals surface area contributed by atoms with Gasteiger partial charge in [0.1, 0.15) is 11.6 Å². The van der Waals surface area contributed by atoms with Gasteiger partial charge < -0.3 is 14.4 Å². The summed E-state index contributed by atoms with van der Waals surface area (Å²) in [6.45, 7) is 7.51. The average Bonchev–Trinajstić information content (AvgIpc) is 3.04. The Morgan fingerprint density at radius 2 is 2.04 bits per heavy atom. The molecule has 134 valence electrons. The molecule has 0 aromatic carbocycles. The molecular formula is C19H27N5O. The minimum atomic E-state index is -0.00295. The minimum Gasteiger partial charge on any atom is -0.357 e. The van der Waals surface area contributed by atoms with Crippen LogP contribution in [0.4, 0.5) is 5.82 Å². The van der Waals surface area contributed by atoms with E-state index in [1.54, 1.807) is 17.3 Å². The van der Waals surface area contributed by atoms with Crippen LogP contribution >= 0.6 is 0 Å². The number of hydrogen-bond donors (Lipinski definition) is 0. The summed E-state index contributed by atoms with van der Waals surface area (Å²) in [6, 6.07) is 3.86. The molecule has 0 bridgehead atoms. The summed E-state index contributed by atoms with van der Waals surface area (Å²) in [6.07, 6.45) is 7.76. The van der Waals surface area contributed by atoms with Crippen molar-refractivity contribution in [3.05, 3.63) is 42.1 Å². The van der Waals surface area contributed by atoms with Crippen molar-refractivity contribution in [2.45, 2.75) is 33.2 Å². The molecule has 0 N–H and O–H groups in total. The molecule has 0 aliphatic carbocycles. The summed E-state index contributed by atoms with van der Waals surface area (Å²) in [5, 5.41) is 0. The van der Waals surface area contributed by atoms with Crippen LogP contribution in [-0.4, -0.2) is 45.0 Å². The van der Waals surface area contributed by atoms with Crippen LogP contribution in [0.15, 0.2) is 30.7 Å². The van der Waals surface area contributed by atoms with Crippen molar-refractivity contribution < 1.29 is 4.79 Å². The number of imidazole rings is 1. The third kappa shape index (κ3) is 4.00. The summed E-state index contributed by atoms with van der Waals surface area (Å²) in [4.78, 5) is 25.7. The molecule has 0 atom stereocenters. The van der Waals surface area contributed by atoms with E-state index in [1.165, 1.54) is 12.8 Å². The van der Waals surface area contributed by atoms with E-state index < -0.39 is 0 Å². The van der Waals surface area contributed by atoms with E-state index in [9.17, 15) is 4.79 Å². The number of hydrogen-bond acceptors (Lipinski definition) is 4. The van der Waals surface area contributed by atoms with Crippen LogP contribution in [0.2, 0.25) is 0 Å². The van der Waals surface area contributed by atoms with Crippen LogP contribution in [0.1, 0.15) is 42.9 Å². The molecule has 1 saturated heterocycles. The number of carbonyl (C=O) groups is 1. The maximum absolute atomic E-state index is 12.8. The first kappa shape index (κ1) is 17.5. The van der Waals surface area contributed by atoms with Crippen LogP contribution in [0.5, 0.6) is 0 Å². The van der Waals surface area contributed by atoms with Crippen LogP contribution < -0.4 is 4.90 Å². The smallest absolute Gasteiger partial charge is 0.255 e. The third-order valence-electron chi connectivity index (χ3n) is 5.02. The second kappa shape index (κ2) is 7.68. The van der Waals surface area contributed by atoms with Crippen LogP contribution in [0, 0.1) is 5.92 Å². The average molecular weight is 341 g/mol. The molecule has 1 fully saturated rings. The van der Waals surface area contributed by atoms with E-state index in [-0.39, 0.29) is 5.91 Å². The predicted octanol–water partition coefficient (Wildman–Crippen LogP) is 2.71. The molecule has 3 rings (SSSR count). The number of aromatic nitrogens is 3. The van der Waals surface area contributed by atoms with Gasteiger partial charge in [0, 0.05) is 45.3 Å². The van der Waals surface area contributed by atoms with Gasteiger partial charge in [-0.25, -0.2) is 9.97 Å². The predicted molar refractivity (Wildman–Crippen MR) is 98.5 cm³/mol. The zero-order chi connectivity index (χ0) is 17.8. The van der Waals surface area contributed by atoms with Crippen LogP contribution in [-0.2, 0) is 13.6 Å². The summed E-state index contributed by atoms with van der Waals surface area (Å²) >= 11 is 0. The third-order valence-corrected chi connectivity index (χ3v) is 5.02. The zero-order valence-corrected chi connectivity index (χ0v) is 15.4. The van der Waals surface area contributed by atoms with Gasteiger partial charge in [0.2, 0.25) is 0 Å². The number of piperidine rings is 1. The van der Waals surface area contributed by atoms with Gasteiger partial charge in [-0.1, -0.05) is 6.92 Å². The Balaban J connectivity index is 1.68. The second-order valence-corrected chi connectivity index (χ2v) is 6.85. The first-order valence-electron chi connectivity index (χ1n) is 9.05. The Morgan fingerprint density at radius 3 is 2.60 bits per heavy atom. The summed E-state index contributed by atoms with van der Waals surface area (Å²) < 4.78 is 1.94. The van der Waals surface area contributed by atoms with Crippen molar-refractivity contribution >= 4 is 11.7 Å². The van der Waals surface area contributed by atoms with Gasteiger partial charge in [0.25, 0.3) is 5.91 Å².